The van der Waals surface area contributed by atoms with Crippen LogP contribution >= 0.6 is 0 Å². The molecule has 0 radical (unpaired) electrons. The minimum Gasteiger partial charge on any atom is -0.480 e. The quantitative estimate of drug-likeness (QED) is 0.561. The SMILES string of the molecule is COc1nccnc1C(NN)C1CC1C. The number of hydrazine groups is 1. The van der Waals surface area contributed by atoms with Gasteiger partial charge in [-0.05, 0) is 18.3 Å². The van der Waals surface area contributed by atoms with Crippen LogP contribution in [0.5, 0.6) is 5.88 Å². The second-order valence-electron chi connectivity index (χ2n) is 3.97. The maximum absolute atomic E-state index is 5.56. The molecule has 1 aromatic rings. The van der Waals surface area contributed by atoms with E-state index in [-0.39, 0.29) is 6.04 Å². The van der Waals surface area contributed by atoms with Gasteiger partial charge in [0, 0.05) is 12.4 Å². The Bertz CT molecular complexity index is 344. The van der Waals surface area contributed by atoms with E-state index in [0.717, 1.165) is 5.69 Å². The zero-order chi connectivity index (χ0) is 10.8. The van der Waals surface area contributed by atoms with Crippen LogP contribution in [0.3, 0.4) is 0 Å². The minimum atomic E-state index is 0.0450. The molecule has 0 aliphatic heterocycles. The molecule has 1 aliphatic rings. The maximum atomic E-state index is 5.56. The van der Waals surface area contributed by atoms with Crippen molar-refractivity contribution in [3.8, 4) is 5.88 Å². The number of aromatic nitrogens is 2. The molecule has 0 aromatic carbocycles. The topological polar surface area (TPSA) is 73.1 Å². The molecule has 0 bridgehead atoms. The molecular weight excluding hydrogens is 192 g/mol. The second-order valence-corrected chi connectivity index (χ2v) is 3.97. The van der Waals surface area contributed by atoms with Crippen molar-refractivity contribution in [1.82, 2.24) is 15.4 Å². The van der Waals surface area contributed by atoms with Crippen LogP contribution in [-0.4, -0.2) is 17.1 Å². The summed E-state index contributed by atoms with van der Waals surface area (Å²) >= 11 is 0. The highest BCUT2D eigenvalue weighted by Gasteiger charge is 2.41. The Morgan fingerprint density at radius 3 is 2.73 bits per heavy atom. The largest absolute Gasteiger partial charge is 0.480 e. The van der Waals surface area contributed by atoms with E-state index in [1.165, 1.54) is 6.42 Å². The summed E-state index contributed by atoms with van der Waals surface area (Å²) in [5.41, 5.74) is 3.61. The third-order valence-corrected chi connectivity index (χ3v) is 2.96. The average molecular weight is 208 g/mol. The average Bonchev–Trinajstić information content (AvgIpc) is 2.97. The molecule has 2 rings (SSSR count). The molecule has 3 N–H and O–H groups in total. The highest BCUT2D eigenvalue weighted by molar-refractivity contribution is 5.23. The van der Waals surface area contributed by atoms with Gasteiger partial charge < -0.3 is 4.74 Å². The number of methoxy groups -OCH3 is 1. The summed E-state index contributed by atoms with van der Waals surface area (Å²) in [5, 5.41) is 0. The van der Waals surface area contributed by atoms with E-state index in [1.807, 2.05) is 0 Å². The van der Waals surface area contributed by atoms with Crippen LogP contribution < -0.4 is 16.0 Å². The zero-order valence-electron chi connectivity index (χ0n) is 8.97. The Kier molecular flexibility index (Phi) is 2.83. The predicted octanol–water partition coefficient (Wildman–Crippen LogP) is 0.646. The minimum absolute atomic E-state index is 0.0450. The van der Waals surface area contributed by atoms with E-state index in [0.29, 0.717) is 17.7 Å². The normalized spacial score (nSPS) is 26.1. The van der Waals surface area contributed by atoms with Crippen molar-refractivity contribution in [3.05, 3.63) is 18.1 Å². The van der Waals surface area contributed by atoms with Crippen molar-refractivity contribution < 1.29 is 4.74 Å². The Morgan fingerprint density at radius 1 is 1.53 bits per heavy atom. The number of nitrogens with two attached hydrogens (primary N) is 1. The summed E-state index contributed by atoms with van der Waals surface area (Å²) in [4.78, 5) is 8.41. The summed E-state index contributed by atoms with van der Waals surface area (Å²) in [5.74, 6) is 7.35. The molecule has 1 aromatic heterocycles. The summed E-state index contributed by atoms with van der Waals surface area (Å²) in [6.07, 6.45) is 4.45. The molecule has 15 heavy (non-hydrogen) atoms. The smallest absolute Gasteiger partial charge is 0.237 e. The van der Waals surface area contributed by atoms with Gasteiger partial charge in [-0.25, -0.2) is 4.98 Å². The molecule has 0 saturated heterocycles. The molecule has 1 heterocycles. The van der Waals surface area contributed by atoms with Crippen LogP contribution in [-0.2, 0) is 0 Å². The lowest BCUT2D eigenvalue weighted by atomic mass is 10.1. The van der Waals surface area contributed by atoms with E-state index in [1.54, 1.807) is 19.5 Å². The highest BCUT2D eigenvalue weighted by atomic mass is 16.5. The van der Waals surface area contributed by atoms with Gasteiger partial charge >= 0.3 is 0 Å². The summed E-state index contributed by atoms with van der Waals surface area (Å²) in [7, 11) is 1.59. The van der Waals surface area contributed by atoms with Crippen LogP contribution in [0.25, 0.3) is 0 Å². The first-order valence-electron chi connectivity index (χ1n) is 5.09. The lowest BCUT2D eigenvalue weighted by Crippen LogP contribution is -2.31. The molecule has 3 unspecified atom stereocenters. The number of hydrogen-bond donors (Lipinski definition) is 2. The van der Waals surface area contributed by atoms with Crippen molar-refractivity contribution in [1.29, 1.82) is 0 Å². The summed E-state index contributed by atoms with van der Waals surface area (Å²) in [6.45, 7) is 2.21. The van der Waals surface area contributed by atoms with Crippen LogP contribution in [0.2, 0.25) is 0 Å². The van der Waals surface area contributed by atoms with Gasteiger partial charge in [0.2, 0.25) is 5.88 Å². The lowest BCUT2D eigenvalue weighted by molar-refractivity contribution is 0.367. The van der Waals surface area contributed by atoms with Gasteiger partial charge in [0.25, 0.3) is 0 Å². The van der Waals surface area contributed by atoms with Crippen LogP contribution in [0.4, 0.5) is 0 Å². The van der Waals surface area contributed by atoms with Crippen LogP contribution in [0, 0.1) is 11.8 Å². The third kappa shape index (κ3) is 1.93. The first kappa shape index (κ1) is 10.3. The monoisotopic (exact) mass is 208 g/mol. The van der Waals surface area contributed by atoms with Gasteiger partial charge in [0.15, 0.2) is 0 Å². The van der Waals surface area contributed by atoms with Crippen molar-refractivity contribution in [2.75, 3.05) is 7.11 Å². The first-order chi connectivity index (χ1) is 7.27. The molecule has 5 nitrogen and oxygen atoms in total. The van der Waals surface area contributed by atoms with Gasteiger partial charge in [-0.2, -0.15) is 0 Å². The molecule has 5 heteroatoms. The maximum Gasteiger partial charge on any atom is 0.237 e. The van der Waals surface area contributed by atoms with Gasteiger partial charge in [-0.15, -0.1) is 0 Å². The standard InChI is InChI=1S/C10H16N4O/c1-6-5-7(6)8(14-11)9-10(15-2)13-4-3-12-9/h3-4,6-8,14H,5,11H2,1-2H3. The van der Waals surface area contributed by atoms with Crippen molar-refractivity contribution in [2.24, 2.45) is 17.7 Å². The second kappa shape index (κ2) is 4.12. The molecule has 3 atom stereocenters. The van der Waals surface area contributed by atoms with Crippen molar-refractivity contribution in [2.45, 2.75) is 19.4 Å². The fraction of sp³-hybridized carbons (Fsp3) is 0.600. The van der Waals surface area contributed by atoms with Crippen molar-refractivity contribution >= 4 is 0 Å². The van der Waals surface area contributed by atoms with E-state index in [2.05, 4.69) is 22.3 Å². The molecule has 1 fully saturated rings. The van der Waals surface area contributed by atoms with E-state index < -0.39 is 0 Å². The van der Waals surface area contributed by atoms with Crippen molar-refractivity contribution in [3.63, 3.8) is 0 Å². The molecular formula is C10H16N4O. The fourth-order valence-corrected chi connectivity index (χ4v) is 1.93. The Hall–Kier alpha value is -1.20. The van der Waals surface area contributed by atoms with Gasteiger partial charge in [0.1, 0.15) is 5.69 Å². The summed E-state index contributed by atoms with van der Waals surface area (Å²) < 4.78 is 5.17. The fourth-order valence-electron chi connectivity index (χ4n) is 1.93. The van der Waals surface area contributed by atoms with Crippen LogP contribution in [0.1, 0.15) is 25.1 Å². The van der Waals surface area contributed by atoms with Crippen LogP contribution in [0.15, 0.2) is 12.4 Å². The number of nitrogens with one attached hydrogen (secondary N) is 1. The molecule has 0 spiro atoms. The summed E-state index contributed by atoms with van der Waals surface area (Å²) in [6, 6.07) is 0.0450. The Labute approximate surface area is 89.0 Å². The van der Waals surface area contributed by atoms with Gasteiger partial charge in [-0.1, -0.05) is 6.92 Å². The van der Waals surface area contributed by atoms with Gasteiger partial charge in [-0.3, -0.25) is 16.3 Å². The number of ether oxygens (including phenoxy) is 1. The first-order valence-corrected chi connectivity index (χ1v) is 5.09. The Morgan fingerprint density at radius 2 is 2.20 bits per heavy atom. The van der Waals surface area contributed by atoms with E-state index in [4.69, 9.17) is 10.6 Å². The lowest BCUT2D eigenvalue weighted by Gasteiger charge is -2.16. The number of hydrogen-bond acceptors (Lipinski definition) is 5. The molecule has 1 aliphatic carbocycles. The van der Waals surface area contributed by atoms with Gasteiger partial charge in [0.05, 0.1) is 13.2 Å². The molecule has 1 saturated carbocycles. The highest BCUT2D eigenvalue weighted by Crippen LogP contribution is 2.47. The number of nitrogens with zero attached hydrogens (tertiary/aromatic N) is 2. The predicted molar refractivity (Wildman–Crippen MR) is 55.9 cm³/mol. The van der Waals surface area contributed by atoms with E-state index >= 15 is 0 Å². The molecule has 82 valence electrons. The third-order valence-electron chi connectivity index (χ3n) is 2.96. The number of rotatable bonds is 4. The zero-order valence-corrected chi connectivity index (χ0v) is 8.97. The molecule has 0 amide bonds. The van der Waals surface area contributed by atoms with E-state index in [9.17, 15) is 0 Å². The Balaban J connectivity index is 2.25.